The minimum Gasteiger partial charge on any atom is -0.480 e. The Morgan fingerprint density at radius 1 is 1.41 bits per heavy atom. The molecule has 119 valence electrons. The molecule has 0 saturated heterocycles. The van der Waals surface area contributed by atoms with Crippen LogP contribution in [0, 0.1) is 11.3 Å². The van der Waals surface area contributed by atoms with Crippen molar-refractivity contribution in [2.24, 2.45) is 0 Å². The number of carboxylic acids is 1. The van der Waals surface area contributed by atoms with Gasteiger partial charge in [-0.3, -0.25) is 4.79 Å². The largest absolute Gasteiger partial charge is 0.480 e. The molecule has 0 amide bonds. The van der Waals surface area contributed by atoms with E-state index in [1.54, 1.807) is 17.0 Å². The van der Waals surface area contributed by atoms with E-state index in [-0.39, 0.29) is 18.7 Å². The van der Waals surface area contributed by atoms with Crippen LogP contribution in [0.3, 0.4) is 0 Å². The molecule has 1 aromatic carbocycles. The van der Waals surface area contributed by atoms with Crippen molar-refractivity contribution >= 4 is 20.7 Å². The van der Waals surface area contributed by atoms with Gasteiger partial charge in [0.15, 0.2) is 0 Å². The molecule has 0 unspecified atom stereocenters. The van der Waals surface area contributed by atoms with E-state index in [1.165, 1.54) is 0 Å². The van der Waals surface area contributed by atoms with Gasteiger partial charge in [-0.05, 0) is 36.2 Å². The first-order valence-electron chi connectivity index (χ1n) is 7.09. The van der Waals surface area contributed by atoms with E-state index in [0.29, 0.717) is 5.56 Å². The Kier molecular flexibility index (Phi) is 6.15. The number of anilines is 1. The molecule has 5 nitrogen and oxygen atoms in total. The minimum atomic E-state index is -0.935. The van der Waals surface area contributed by atoms with Gasteiger partial charge in [-0.15, -0.1) is 0 Å². The van der Waals surface area contributed by atoms with Crippen LogP contribution in [0.4, 0.5) is 5.69 Å². The van der Waals surface area contributed by atoms with Gasteiger partial charge in [0, 0.05) is 5.69 Å². The van der Waals surface area contributed by atoms with Crippen molar-refractivity contribution < 1.29 is 14.3 Å². The third kappa shape index (κ3) is 5.17. The summed E-state index contributed by atoms with van der Waals surface area (Å²) in [6.07, 6.45) is 0. The highest BCUT2D eigenvalue weighted by atomic mass is 28.3. The zero-order valence-corrected chi connectivity index (χ0v) is 14.8. The SMILES string of the molecule is C[Si](C)OCN(CC(=O)O)c1cc(C#N)ccc1C(C)(C)C. The first kappa shape index (κ1) is 18.2. The van der Waals surface area contributed by atoms with Crippen molar-refractivity contribution in [1.29, 1.82) is 5.26 Å². The molecular weight excluding hydrogens is 296 g/mol. The Morgan fingerprint density at radius 3 is 2.50 bits per heavy atom. The van der Waals surface area contributed by atoms with Crippen LogP contribution in [0.15, 0.2) is 18.2 Å². The average molecular weight is 319 g/mol. The molecule has 1 aromatic rings. The molecule has 0 atom stereocenters. The van der Waals surface area contributed by atoms with Crippen LogP contribution in [0.1, 0.15) is 31.9 Å². The molecule has 1 rings (SSSR count). The predicted octanol–water partition coefficient (Wildman–Crippen LogP) is 2.97. The summed E-state index contributed by atoms with van der Waals surface area (Å²) in [5, 5.41) is 18.3. The molecule has 1 N–H and O–H groups in total. The molecule has 0 aliphatic heterocycles. The maximum Gasteiger partial charge on any atom is 0.323 e. The van der Waals surface area contributed by atoms with Crippen molar-refractivity contribution in [3.63, 3.8) is 0 Å². The van der Waals surface area contributed by atoms with Gasteiger partial charge in [0.2, 0.25) is 9.04 Å². The second kappa shape index (κ2) is 7.43. The Morgan fingerprint density at radius 2 is 2.05 bits per heavy atom. The predicted molar refractivity (Wildman–Crippen MR) is 88.3 cm³/mol. The Bertz CT molecular complexity index is 574. The molecule has 1 radical (unpaired) electrons. The van der Waals surface area contributed by atoms with Crippen LogP contribution in [0.5, 0.6) is 0 Å². The highest BCUT2D eigenvalue weighted by Gasteiger charge is 2.23. The number of hydrogen-bond donors (Lipinski definition) is 1. The molecule has 0 fully saturated rings. The van der Waals surface area contributed by atoms with Crippen molar-refractivity contribution in [3.05, 3.63) is 29.3 Å². The van der Waals surface area contributed by atoms with E-state index in [0.717, 1.165) is 11.3 Å². The van der Waals surface area contributed by atoms with Gasteiger partial charge < -0.3 is 14.4 Å². The van der Waals surface area contributed by atoms with E-state index in [2.05, 4.69) is 26.8 Å². The second-order valence-electron chi connectivity index (χ2n) is 6.37. The van der Waals surface area contributed by atoms with Crippen molar-refractivity contribution in [1.82, 2.24) is 0 Å². The van der Waals surface area contributed by atoms with Gasteiger partial charge >= 0.3 is 5.97 Å². The van der Waals surface area contributed by atoms with Crippen molar-refractivity contribution in [2.45, 2.75) is 39.3 Å². The first-order valence-corrected chi connectivity index (χ1v) is 9.50. The zero-order valence-electron chi connectivity index (χ0n) is 13.8. The molecule has 22 heavy (non-hydrogen) atoms. The highest BCUT2D eigenvalue weighted by molar-refractivity contribution is 6.48. The van der Waals surface area contributed by atoms with Crippen molar-refractivity contribution in [3.8, 4) is 6.07 Å². The number of nitriles is 1. The van der Waals surface area contributed by atoms with E-state index >= 15 is 0 Å². The number of aliphatic carboxylic acids is 1. The van der Waals surface area contributed by atoms with Gasteiger partial charge in [0.05, 0.1) is 11.6 Å². The summed E-state index contributed by atoms with van der Waals surface area (Å²) in [5.74, 6) is -0.924. The lowest BCUT2D eigenvalue weighted by Crippen LogP contribution is -2.35. The standard InChI is InChI=1S/C16H23N2O3Si/c1-16(2,3)13-7-6-12(9-17)8-14(13)18(10-15(19)20)11-21-22(4)5/h6-8H,10-11H2,1-5H3,(H,19,20). The summed E-state index contributed by atoms with van der Waals surface area (Å²) in [6, 6.07) is 7.51. The third-order valence-electron chi connectivity index (χ3n) is 3.11. The van der Waals surface area contributed by atoms with E-state index in [4.69, 9.17) is 9.69 Å². The van der Waals surface area contributed by atoms with E-state index < -0.39 is 15.0 Å². The number of carbonyl (C=O) groups is 1. The normalized spacial score (nSPS) is 11.3. The monoisotopic (exact) mass is 319 g/mol. The van der Waals surface area contributed by atoms with Crippen LogP contribution in [0.25, 0.3) is 0 Å². The van der Waals surface area contributed by atoms with Gasteiger partial charge in [0.25, 0.3) is 0 Å². The molecule has 0 spiro atoms. The number of benzene rings is 1. The summed E-state index contributed by atoms with van der Waals surface area (Å²) < 4.78 is 5.68. The minimum absolute atomic E-state index is 0.160. The summed E-state index contributed by atoms with van der Waals surface area (Å²) in [5.41, 5.74) is 2.10. The van der Waals surface area contributed by atoms with Gasteiger partial charge in [-0.2, -0.15) is 5.26 Å². The summed E-state index contributed by atoms with van der Waals surface area (Å²) in [7, 11) is -0.935. The van der Waals surface area contributed by atoms with Gasteiger partial charge in [0.1, 0.15) is 13.3 Å². The van der Waals surface area contributed by atoms with Crippen LogP contribution in [0.2, 0.25) is 13.1 Å². The Labute approximate surface area is 133 Å². The molecule has 0 bridgehead atoms. The third-order valence-corrected chi connectivity index (χ3v) is 3.82. The average Bonchev–Trinajstić information content (AvgIpc) is 2.41. The van der Waals surface area contributed by atoms with E-state index in [1.807, 2.05) is 19.2 Å². The van der Waals surface area contributed by atoms with Crippen LogP contribution < -0.4 is 4.90 Å². The zero-order chi connectivity index (χ0) is 16.9. The quantitative estimate of drug-likeness (QED) is 0.644. The first-order chi connectivity index (χ1) is 10.1. The Balaban J connectivity index is 3.30. The lowest BCUT2D eigenvalue weighted by Gasteiger charge is -2.31. The maximum absolute atomic E-state index is 11.2. The topological polar surface area (TPSA) is 73.6 Å². The number of rotatable bonds is 6. The van der Waals surface area contributed by atoms with Crippen molar-refractivity contribution in [2.75, 3.05) is 18.2 Å². The number of nitrogens with zero attached hydrogens (tertiary/aromatic N) is 2. The highest BCUT2D eigenvalue weighted by Crippen LogP contribution is 2.33. The molecule has 0 aliphatic rings. The smallest absolute Gasteiger partial charge is 0.323 e. The van der Waals surface area contributed by atoms with E-state index in [9.17, 15) is 9.90 Å². The molecule has 0 aliphatic carbocycles. The van der Waals surface area contributed by atoms with Gasteiger partial charge in [-0.1, -0.05) is 26.8 Å². The summed E-state index contributed by atoms with van der Waals surface area (Å²) in [4.78, 5) is 12.9. The fourth-order valence-corrected chi connectivity index (χ4v) is 2.48. The molecule has 0 aromatic heterocycles. The number of hydrogen-bond acceptors (Lipinski definition) is 4. The van der Waals surface area contributed by atoms with Crippen LogP contribution in [-0.2, 0) is 14.6 Å². The fraction of sp³-hybridized carbons (Fsp3) is 0.500. The number of carboxylic acid groups (broad SMARTS) is 1. The maximum atomic E-state index is 11.2. The molecular formula is C16H23N2O3Si. The fourth-order valence-electron chi connectivity index (χ4n) is 2.07. The lowest BCUT2D eigenvalue weighted by atomic mass is 9.85. The molecule has 0 heterocycles. The van der Waals surface area contributed by atoms with Gasteiger partial charge in [-0.25, -0.2) is 0 Å². The molecule has 0 saturated carbocycles. The molecule has 6 heteroatoms. The summed E-state index contributed by atoms with van der Waals surface area (Å²) >= 11 is 0. The van der Waals surface area contributed by atoms with Crippen LogP contribution in [-0.4, -0.2) is 33.4 Å². The second-order valence-corrected chi connectivity index (χ2v) is 8.47. The Hall–Kier alpha value is -1.84. The van der Waals surface area contributed by atoms with Crippen LogP contribution >= 0.6 is 0 Å². The summed E-state index contributed by atoms with van der Waals surface area (Å²) in [6.45, 7) is 10.2. The lowest BCUT2D eigenvalue weighted by molar-refractivity contribution is -0.135.